The molecule has 2 heterocycles. The van der Waals surface area contributed by atoms with Crippen LogP contribution in [0.15, 0.2) is 29.1 Å². The van der Waals surface area contributed by atoms with Gasteiger partial charge < -0.3 is 34.3 Å². The van der Waals surface area contributed by atoms with Crippen LogP contribution in [0.5, 0.6) is 5.75 Å². The van der Waals surface area contributed by atoms with E-state index in [0.29, 0.717) is 16.0 Å². The Hall–Kier alpha value is -4.57. The Balaban J connectivity index is 2.17. The van der Waals surface area contributed by atoms with E-state index >= 15 is 0 Å². The van der Waals surface area contributed by atoms with Gasteiger partial charge in [0.05, 0.1) is 7.11 Å². The molecule has 0 amide bonds. The van der Waals surface area contributed by atoms with Crippen LogP contribution in [0.25, 0.3) is 12.2 Å². The summed E-state index contributed by atoms with van der Waals surface area (Å²) in [4.78, 5) is 60.8. The van der Waals surface area contributed by atoms with Crippen molar-refractivity contribution < 1.29 is 47.6 Å². The standard InChI is InChI=1S/C26H30N4O11S/c1-13(31)37-12-20-21(38-14(2)32)22(39-15(3)33)23(40-16(4)34)25(41-20)30-26(42)29(27)24(35)19(28-30)11-8-17-6-9-18(36-5)10-7-17/h6-11,20-23,25H,12,27H2,1-5H3/b11-8+/t20-,21+,22-,23+,25+/m0/s1. The molecule has 0 radical (unpaired) electrons. The molecule has 0 saturated carbocycles. The molecule has 226 valence electrons. The monoisotopic (exact) mass is 606 g/mol. The number of esters is 4. The summed E-state index contributed by atoms with van der Waals surface area (Å²) < 4.78 is 33.8. The Labute approximate surface area is 244 Å². The zero-order valence-corrected chi connectivity index (χ0v) is 24.2. The van der Waals surface area contributed by atoms with Crippen LogP contribution in [-0.2, 0) is 42.9 Å². The van der Waals surface area contributed by atoms with Crippen molar-refractivity contribution in [2.45, 2.75) is 58.3 Å². The maximum absolute atomic E-state index is 12.9. The number of rotatable bonds is 9. The fraction of sp³-hybridized carbons (Fsp3) is 0.423. The number of hydrogen-bond donors (Lipinski definition) is 1. The first-order chi connectivity index (χ1) is 19.8. The summed E-state index contributed by atoms with van der Waals surface area (Å²) in [5, 5.41) is 4.31. The van der Waals surface area contributed by atoms with Gasteiger partial charge in [0.15, 0.2) is 30.2 Å². The second kappa shape index (κ2) is 13.9. The smallest absolute Gasteiger partial charge is 0.303 e. The summed E-state index contributed by atoms with van der Waals surface area (Å²) in [5.74, 6) is 3.51. The van der Waals surface area contributed by atoms with E-state index in [9.17, 15) is 24.0 Å². The molecule has 5 atom stereocenters. The summed E-state index contributed by atoms with van der Waals surface area (Å²) in [6, 6.07) is 6.92. The molecule has 2 N–H and O–H groups in total. The van der Waals surface area contributed by atoms with Gasteiger partial charge in [0.2, 0.25) is 4.77 Å². The highest BCUT2D eigenvalue weighted by Gasteiger charge is 2.53. The minimum absolute atomic E-state index is 0.185. The van der Waals surface area contributed by atoms with Crippen LogP contribution in [-0.4, -0.2) is 76.5 Å². The second-order valence-electron chi connectivity index (χ2n) is 8.98. The van der Waals surface area contributed by atoms with Gasteiger partial charge in [-0.2, -0.15) is 9.77 Å². The van der Waals surface area contributed by atoms with Crippen LogP contribution in [0.4, 0.5) is 0 Å². The average Bonchev–Trinajstić information content (AvgIpc) is 2.92. The van der Waals surface area contributed by atoms with E-state index in [0.717, 1.165) is 32.4 Å². The van der Waals surface area contributed by atoms with Crippen LogP contribution in [0.2, 0.25) is 0 Å². The van der Waals surface area contributed by atoms with Crippen LogP contribution in [0.3, 0.4) is 0 Å². The summed E-state index contributed by atoms with van der Waals surface area (Å²) in [7, 11) is 1.53. The van der Waals surface area contributed by atoms with Gasteiger partial charge in [-0.1, -0.05) is 18.2 Å². The first-order valence-corrected chi connectivity index (χ1v) is 12.9. The van der Waals surface area contributed by atoms with Crippen molar-refractivity contribution in [1.29, 1.82) is 0 Å². The molecule has 1 saturated heterocycles. The SMILES string of the molecule is COc1ccc(/C=C/c2nn([C@@H]3O[C@@H](COC(C)=O)[C@@H](OC(C)=O)[C@H](OC(C)=O)[C@H]3OC(C)=O)c(=S)n(N)c2=O)cc1. The van der Waals surface area contributed by atoms with E-state index in [1.807, 2.05) is 0 Å². The molecule has 1 aromatic carbocycles. The third-order valence-electron chi connectivity index (χ3n) is 5.81. The van der Waals surface area contributed by atoms with Gasteiger partial charge in [0, 0.05) is 27.7 Å². The molecule has 2 aromatic rings. The third-order valence-corrected chi connectivity index (χ3v) is 6.20. The normalized spacial score (nSPS) is 21.8. The minimum Gasteiger partial charge on any atom is -0.497 e. The Morgan fingerprint density at radius 2 is 1.50 bits per heavy atom. The lowest BCUT2D eigenvalue weighted by Gasteiger charge is -2.44. The van der Waals surface area contributed by atoms with Gasteiger partial charge in [-0.3, -0.25) is 24.0 Å². The highest BCUT2D eigenvalue weighted by atomic mass is 32.1. The molecule has 0 unspecified atom stereocenters. The largest absolute Gasteiger partial charge is 0.497 e. The molecule has 1 fully saturated rings. The fourth-order valence-corrected chi connectivity index (χ4v) is 4.31. The molecule has 16 heteroatoms. The maximum Gasteiger partial charge on any atom is 0.303 e. The predicted octanol–water partition coefficient (Wildman–Crippen LogP) is 0.923. The van der Waals surface area contributed by atoms with Crippen molar-refractivity contribution in [3.05, 3.63) is 50.6 Å². The molecule has 1 aliphatic rings. The zero-order chi connectivity index (χ0) is 31.1. The summed E-state index contributed by atoms with van der Waals surface area (Å²) in [6.45, 7) is 3.97. The first-order valence-electron chi connectivity index (χ1n) is 12.5. The Morgan fingerprint density at radius 3 is 2.05 bits per heavy atom. The lowest BCUT2D eigenvalue weighted by molar-refractivity contribution is -0.271. The molecule has 1 aromatic heterocycles. The fourth-order valence-electron chi connectivity index (χ4n) is 4.09. The van der Waals surface area contributed by atoms with Crippen LogP contribution in [0.1, 0.15) is 45.2 Å². The van der Waals surface area contributed by atoms with Crippen molar-refractivity contribution in [2.24, 2.45) is 0 Å². The molecule has 0 bridgehead atoms. The van der Waals surface area contributed by atoms with Crippen LogP contribution in [0, 0.1) is 4.77 Å². The number of nitrogens with two attached hydrogens (primary N) is 1. The summed E-state index contributed by atoms with van der Waals surface area (Å²) in [5.41, 5.74) is -0.247. The number of nitrogen functional groups attached to an aromatic ring is 1. The number of nitrogens with zero attached hydrogens (tertiary/aromatic N) is 3. The number of carbonyl (C=O) groups excluding carboxylic acids is 4. The molecular weight excluding hydrogens is 576 g/mol. The predicted molar refractivity (Wildman–Crippen MR) is 147 cm³/mol. The molecule has 0 aliphatic carbocycles. The first kappa shape index (κ1) is 32.0. The number of carbonyl (C=O) groups is 4. The molecule has 15 nitrogen and oxygen atoms in total. The van der Waals surface area contributed by atoms with Crippen molar-refractivity contribution in [3.63, 3.8) is 0 Å². The Bertz CT molecular complexity index is 1480. The highest BCUT2D eigenvalue weighted by Crippen LogP contribution is 2.34. The van der Waals surface area contributed by atoms with Crippen molar-refractivity contribution in [1.82, 2.24) is 14.5 Å². The lowest BCUT2D eigenvalue weighted by Crippen LogP contribution is -2.61. The summed E-state index contributed by atoms with van der Waals surface area (Å²) in [6.07, 6.45) is -4.18. The van der Waals surface area contributed by atoms with E-state index in [2.05, 4.69) is 5.10 Å². The minimum atomic E-state index is -1.51. The van der Waals surface area contributed by atoms with E-state index in [4.69, 9.17) is 46.5 Å². The van der Waals surface area contributed by atoms with Gasteiger partial charge in [-0.05, 0) is 36.0 Å². The van der Waals surface area contributed by atoms with Gasteiger partial charge in [-0.25, -0.2) is 4.68 Å². The highest BCUT2D eigenvalue weighted by molar-refractivity contribution is 7.71. The van der Waals surface area contributed by atoms with Gasteiger partial charge >= 0.3 is 23.9 Å². The van der Waals surface area contributed by atoms with Gasteiger partial charge in [0.1, 0.15) is 18.5 Å². The van der Waals surface area contributed by atoms with Gasteiger partial charge in [-0.15, -0.1) is 0 Å². The lowest BCUT2D eigenvalue weighted by atomic mass is 9.97. The van der Waals surface area contributed by atoms with E-state index in [1.165, 1.54) is 13.2 Å². The van der Waals surface area contributed by atoms with E-state index < -0.39 is 66.7 Å². The van der Waals surface area contributed by atoms with E-state index in [-0.39, 0.29) is 10.5 Å². The Kier molecular flexibility index (Phi) is 10.5. The van der Waals surface area contributed by atoms with Crippen molar-refractivity contribution in [2.75, 3.05) is 19.6 Å². The van der Waals surface area contributed by atoms with Crippen molar-refractivity contribution >= 4 is 48.2 Å². The van der Waals surface area contributed by atoms with Crippen LogP contribution >= 0.6 is 12.2 Å². The number of methoxy groups -OCH3 is 1. The third kappa shape index (κ3) is 7.79. The topological polar surface area (TPSA) is 190 Å². The molecule has 3 rings (SSSR count). The quantitative estimate of drug-likeness (QED) is 0.183. The second-order valence-corrected chi connectivity index (χ2v) is 9.35. The van der Waals surface area contributed by atoms with E-state index in [1.54, 1.807) is 30.3 Å². The van der Waals surface area contributed by atoms with Gasteiger partial charge in [0.25, 0.3) is 5.56 Å². The Morgan fingerprint density at radius 1 is 0.929 bits per heavy atom. The van der Waals surface area contributed by atoms with Crippen molar-refractivity contribution in [3.8, 4) is 5.75 Å². The number of ether oxygens (including phenoxy) is 6. The molecule has 0 spiro atoms. The molecule has 42 heavy (non-hydrogen) atoms. The maximum atomic E-state index is 12.9. The number of hydrogen-bond acceptors (Lipinski definition) is 14. The number of aromatic nitrogens is 3. The zero-order valence-electron chi connectivity index (χ0n) is 23.4. The van der Waals surface area contributed by atoms with Crippen LogP contribution < -0.4 is 16.1 Å². The molecular formula is C26H30N4O11S. The molecule has 1 aliphatic heterocycles. The summed E-state index contributed by atoms with van der Waals surface area (Å²) >= 11 is 5.37. The number of benzene rings is 1. The average molecular weight is 607 g/mol.